The SMILES string of the molecule is CCN(C(=O)NC(CC(C)C)C(=O)O)C(C)CN(C)C. The van der Waals surface area contributed by atoms with E-state index in [1.54, 1.807) is 4.90 Å². The van der Waals surface area contributed by atoms with Crippen LogP contribution in [-0.2, 0) is 4.79 Å². The Morgan fingerprint density at radius 2 is 1.75 bits per heavy atom. The molecule has 0 aliphatic carbocycles. The smallest absolute Gasteiger partial charge is 0.326 e. The summed E-state index contributed by atoms with van der Waals surface area (Å²) in [5, 5.41) is 11.8. The van der Waals surface area contributed by atoms with Crippen molar-refractivity contribution in [3.63, 3.8) is 0 Å². The van der Waals surface area contributed by atoms with E-state index in [1.165, 1.54) is 0 Å². The lowest BCUT2D eigenvalue weighted by Crippen LogP contribution is -2.52. The molecule has 6 nitrogen and oxygen atoms in total. The Labute approximate surface area is 122 Å². The van der Waals surface area contributed by atoms with Gasteiger partial charge in [0.25, 0.3) is 0 Å². The van der Waals surface area contributed by atoms with Crippen LogP contribution in [0.3, 0.4) is 0 Å². The highest BCUT2D eigenvalue weighted by Crippen LogP contribution is 2.07. The molecule has 0 radical (unpaired) electrons. The monoisotopic (exact) mass is 287 g/mol. The number of carboxylic acids is 1. The zero-order valence-electron chi connectivity index (χ0n) is 13.5. The quantitative estimate of drug-likeness (QED) is 0.709. The zero-order valence-corrected chi connectivity index (χ0v) is 13.5. The molecule has 0 spiro atoms. The molecule has 0 aliphatic heterocycles. The van der Waals surface area contributed by atoms with Gasteiger partial charge in [0.15, 0.2) is 0 Å². The van der Waals surface area contributed by atoms with Gasteiger partial charge in [-0.05, 0) is 40.3 Å². The van der Waals surface area contributed by atoms with E-state index in [2.05, 4.69) is 5.32 Å². The number of carboxylic acid groups (broad SMARTS) is 1. The maximum Gasteiger partial charge on any atom is 0.326 e. The van der Waals surface area contributed by atoms with E-state index < -0.39 is 12.0 Å². The first-order valence-corrected chi connectivity index (χ1v) is 7.13. The third kappa shape index (κ3) is 6.75. The van der Waals surface area contributed by atoms with Crippen LogP contribution in [0.2, 0.25) is 0 Å². The minimum absolute atomic E-state index is 0.0310. The fourth-order valence-corrected chi connectivity index (χ4v) is 2.21. The summed E-state index contributed by atoms with van der Waals surface area (Å²) in [6.45, 7) is 9.02. The van der Waals surface area contributed by atoms with Gasteiger partial charge in [0.05, 0.1) is 0 Å². The highest BCUT2D eigenvalue weighted by Gasteiger charge is 2.25. The zero-order chi connectivity index (χ0) is 15.9. The maximum atomic E-state index is 12.2. The van der Waals surface area contributed by atoms with Crippen molar-refractivity contribution in [3.8, 4) is 0 Å². The normalized spacial score (nSPS) is 14.2. The van der Waals surface area contributed by atoms with E-state index in [9.17, 15) is 9.59 Å². The first kappa shape index (κ1) is 18.7. The number of carbonyl (C=O) groups is 2. The van der Waals surface area contributed by atoms with Crippen LogP contribution in [0, 0.1) is 5.92 Å². The Balaban J connectivity index is 4.70. The van der Waals surface area contributed by atoms with Crippen LogP contribution in [0.1, 0.15) is 34.1 Å². The van der Waals surface area contributed by atoms with E-state index in [0.717, 1.165) is 6.54 Å². The maximum absolute atomic E-state index is 12.2. The van der Waals surface area contributed by atoms with Gasteiger partial charge in [-0.15, -0.1) is 0 Å². The summed E-state index contributed by atoms with van der Waals surface area (Å²) in [7, 11) is 3.89. The minimum atomic E-state index is -0.983. The van der Waals surface area contributed by atoms with Crippen LogP contribution >= 0.6 is 0 Å². The number of carbonyl (C=O) groups excluding carboxylic acids is 1. The molecule has 2 unspecified atom stereocenters. The van der Waals surface area contributed by atoms with Crippen molar-refractivity contribution >= 4 is 12.0 Å². The standard InChI is InChI=1S/C14H29N3O3/c1-7-17(11(4)9-16(5)6)14(20)15-12(13(18)19)8-10(2)3/h10-12H,7-9H2,1-6H3,(H,15,20)(H,18,19). The van der Waals surface area contributed by atoms with E-state index in [-0.39, 0.29) is 18.0 Å². The Morgan fingerprint density at radius 3 is 2.10 bits per heavy atom. The molecule has 2 amide bonds. The van der Waals surface area contributed by atoms with Gasteiger partial charge in [-0.3, -0.25) is 0 Å². The summed E-state index contributed by atoms with van der Waals surface area (Å²) in [6.07, 6.45) is 0.431. The van der Waals surface area contributed by atoms with Crippen LogP contribution < -0.4 is 5.32 Å². The number of nitrogens with zero attached hydrogens (tertiary/aromatic N) is 2. The van der Waals surface area contributed by atoms with Crippen molar-refractivity contribution in [1.29, 1.82) is 0 Å². The highest BCUT2D eigenvalue weighted by atomic mass is 16.4. The number of nitrogens with one attached hydrogen (secondary N) is 1. The van der Waals surface area contributed by atoms with E-state index in [4.69, 9.17) is 5.11 Å². The molecule has 0 bridgehead atoms. The Kier molecular flexibility index (Phi) is 8.22. The van der Waals surface area contributed by atoms with E-state index >= 15 is 0 Å². The van der Waals surface area contributed by atoms with Crippen LogP contribution in [0.4, 0.5) is 4.79 Å². The molecule has 6 heteroatoms. The summed E-state index contributed by atoms with van der Waals surface area (Å²) in [5.41, 5.74) is 0. The van der Waals surface area contributed by atoms with Crippen molar-refractivity contribution in [3.05, 3.63) is 0 Å². The first-order valence-electron chi connectivity index (χ1n) is 7.13. The second kappa shape index (κ2) is 8.79. The number of hydrogen-bond acceptors (Lipinski definition) is 3. The lowest BCUT2D eigenvalue weighted by Gasteiger charge is -2.31. The van der Waals surface area contributed by atoms with E-state index in [0.29, 0.717) is 13.0 Å². The molecule has 0 fully saturated rings. The molecule has 0 saturated carbocycles. The van der Waals surface area contributed by atoms with Crippen molar-refractivity contribution in [2.24, 2.45) is 5.92 Å². The summed E-state index contributed by atoms with van der Waals surface area (Å²) >= 11 is 0. The van der Waals surface area contributed by atoms with Crippen molar-refractivity contribution < 1.29 is 14.7 Å². The highest BCUT2D eigenvalue weighted by molar-refractivity contribution is 5.82. The fourth-order valence-electron chi connectivity index (χ4n) is 2.21. The minimum Gasteiger partial charge on any atom is -0.480 e. The van der Waals surface area contributed by atoms with Crippen LogP contribution in [-0.4, -0.2) is 66.2 Å². The molecule has 0 aromatic carbocycles. The number of likely N-dealkylation sites (N-methyl/N-ethyl adjacent to an activating group) is 2. The third-order valence-electron chi connectivity index (χ3n) is 3.07. The Morgan fingerprint density at radius 1 is 1.20 bits per heavy atom. The lowest BCUT2D eigenvalue weighted by molar-refractivity contribution is -0.139. The predicted molar refractivity (Wildman–Crippen MR) is 79.8 cm³/mol. The topological polar surface area (TPSA) is 72.9 Å². The molecule has 0 rings (SSSR count). The van der Waals surface area contributed by atoms with Gasteiger partial charge in [-0.25, -0.2) is 9.59 Å². The van der Waals surface area contributed by atoms with Gasteiger partial charge in [0, 0.05) is 19.1 Å². The average Bonchev–Trinajstić information content (AvgIpc) is 2.26. The van der Waals surface area contributed by atoms with Gasteiger partial charge in [0.1, 0.15) is 6.04 Å². The molecule has 20 heavy (non-hydrogen) atoms. The number of amides is 2. The van der Waals surface area contributed by atoms with Crippen molar-refractivity contribution in [1.82, 2.24) is 15.1 Å². The van der Waals surface area contributed by atoms with Gasteiger partial charge >= 0.3 is 12.0 Å². The molecule has 118 valence electrons. The molecular formula is C14H29N3O3. The summed E-state index contributed by atoms with van der Waals surface area (Å²) < 4.78 is 0. The van der Waals surface area contributed by atoms with Gasteiger partial charge in [-0.1, -0.05) is 13.8 Å². The first-order chi connectivity index (χ1) is 9.18. The Bertz CT molecular complexity index is 319. The van der Waals surface area contributed by atoms with Gasteiger partial charge in [-0.2, -0.15) is 0 Å². The molecule has 0 heterocycles. The summed E-state index contributed by atoms with van der Waals surface area (Å²) in [6, 6.07) is -1.11. The van der Waals surface area contributed by atoms with Gasteiger partial charge < -0.3 is 20.2 Å². The molecular weight excluding hydrogens is 258 g/mol. The number of urea groups is 1. The average molecular weight is 287 g/mol. The molecule has 0 aliphatic rings. The van der Waals surface area contributed by atoms with Crippen molar-refractivity contribution in [2.45, 2.75) is 46.2 Å². The molecule has 2 atom stereocenters. The van der Waals surface area contributed by atoms with Gasteiger partial charge in [0.2, 0.25) is 0 Å². The second-order valence-electron chi connectivity index (χ2n) is 5.87. The number of aliphatic carboxylic acids is 1. The van der Waals surface area contributed by atoms with Crippen LogP contribution in [0.25, 0.3) is 0 Å². The lowest BCUT2D eigenvalue weighted by atomic mass is 10.0. The molecule has 2 N–H and O–H groups in total. The molecule has 0 aromatic rings. The number of rotatable bonds is 8. The van der Waals surface area contributed by atoms with Crippen LogP contribution in [0.15, 0.2) is 0 Å². The predicted octanol–water partition coefficient (Wildman–Crippen LogP) is 1.47. The largest absolute Gasteiger partial charge is 0.480 e. The Hall–Kier alpha value is -1.30. The molecule has 0 aromatic heterocycles. The molecule has 0 saturated heterocycles. The summed E-state index contributed by atoms with van der Waals surface area (Å²) in [4.78, 5) is 27.1. The number of hydrogen-bond donors (Lipinski definition) is 2. The third-order valence-corrected chi connectivity index (χ3v) is 3.07. The summed E-state index contributed by atoms with van der Waals surface area (Å²) in [5.74, 6) is -0.769. The van der Waals surface area contributed by atoms with E-state index in [1.807, 2.05) is 46.7 Å². The second-order valence-corrected chi connectivity index (χ2v) is 5.87. The van der Waals surface area contributed by atoms with Crippen molar-refractivity contribution in [2.75, 3.05) is 27.2 Å². The fraction of sp³-hybridized carbons (Fsp3) is 0.857. The van der Waals surface area contributed by atoms with Crippen LogP contribution in [0.5, 0.6) is 0 Å².